The maximum absolute atomic E-state index is 13.8. The number of rotatable bonds is 3. The van der Waals surface area contributed by atoms with E-state index >= 15 is 0 Å². The Hall–Kier alpha value is -1.78. The number of phenolic OH excluding ortho intramolecular Hbond substituents is 1. The van der Waals surface area contributed by atoms with Crippen molar-refractivity contribution in [2.45, 2.75) is 37.5 Å². The molecule has 0 amide bonds. The van der Waals surface area contributed by atoms with E-state index in [-0.39, 0.29) is 11.5 Å². The Balaban J connectivity index is 2.51. The number of aliphatic carboxylic acids is 1. The largest absolute Gasteiger partial charge is 0.504 e. The molecule has 4 nitrogen and oxygen atoms in total. The molecule has 0 aliphatic heterocycles. The van der Waals surface area contributed by atoms with Crippen LogP contribution in [0.5, 0.6) is 11.5 Å². The number of halogens is 1. The molecule has 1 aromatic rings. The van der Waals surface area contributed by atoms with Crippen LogP contribution in [0.3, 0.4) is 0 Å². The normalized spacial score (nSPS) is 18.0. The molecule has 0 unspecified atom stereocenters. The fourth-order valence-corrected chi connectivity index (χ4v) is 2.84. The van der Waals surface area contributed by atoms with Gasteiger partial charge in [-0.05, 0) is 30.5 Å². The summed E-state index contributed by atoms with van der Waals surface area (Å²) in [7, 11) is 1.26. The van der Waals surface area contributed by atoms with Crippen molar-refractivity contribution in [1.82, 2.24) is 0 Å². The molecule has 1 fully saturated rings. The van der Waals surface area contributed by atoms with Gasteiger partial charge < -0.3 is 14.9 Å². The van der Waals surface area contributed by atoms with E-state index in [0.717, 1.165) is 25.3 Å². The molecule has 5 heteroatoms. The quantitative estimate of drug-likeness (QED) is 0.884. The summed E-state index contributed by atoms with van der Waals surface area (Å²) >= 11 is 0. The lowest BCUT2D eigenvalue weighted by atomic mass is 9.69. The Morgan fingerprint density at radius 3 is 2.42 bits per heavy atom. The van der Waals surface area contributed by atoms with Crippen LogP contribution in [0.1, 0.15) is 37.7 Å². The summed E-state index contributed by atoms with van der Waals surface area (Å²) in [5.74, 6) is -2.30. The smallest absolute Gasteiger partial charge is 0.314 e. The second-order valence-electron chi connectivity index (χ2n) is 4.96. The van der Waals surface area contributed by atoms with Crippen molar-refractivity contribution in [3.63, 3.8) is 0 Å². The van der Waals surface area contributed by atoms with Crippen molar-refractivity contribution >= 4 is 5.97 Å². The third kappa shape index (κ3) is 2.25. The molecule has 0 aromatic heterocycles. The number of hydrogen-bond acceptors (Lipinski definition) is 3. The highest BCUT2D eigenvalue weighted by Gasteiger charge is 2.42. The number of ether oxygens (including phenoxy) is 1. The minimum absolute atomic E-state index is 0.250. The molecule has 0 spiro atoms. The van der Waals surface area contributed by atoms with Gasteiger partial charge in [0.25, 0.3) is 0 Å². The van der Waals surface area contributed by atoms with Crippen LogP contribution in [0.15, 0.2) is 12.1 Å². The van der Waals surface area contributed by atoms with Gasteiger partial charge in [-0.15, -0.1) is 0 Å². The molecule has 1 aliphatic carbocycles. The number of aromatic hydroxyl groups is 1. The fourth-order valence-electron chi connectivity index (χ4n) is 2.84. The van der Waals surface area contributed by atoms with E-state index in [2.05, 4.69) is 0 Å². The van der Waals surface area contributed by atoms with Gasteiger partial charge in [-0.3, -0.25) is 4.79 Å². The standard InChI is InChI=1S/C14H17FO4/c1-19-12-10(15)7-9(8-11(12)16)14(13(17)18)5-3-2-4-6-14/h7-8,16H,2-6H2,1H3,(H,17,18). The minimum atomic E-state index is -1.09. The van der Waals surface area contributed by atoms with Gasteiger partial charge in [0, 0.05) is 0 Å². The van der Waals surface area contributed by atoms with E-state index in [1.807, 2.05) is 0 Å². The summed E-state index contributed by atoms with van der Waals surface area (Å²) in [6.45, 7) is 0. The zero-order chi connectivity index (χ0) is 14.0. The third-order valence-corrected chi connectivity index (χ3v) is 3.90. The van der Waals surface area contributed by atoms with Crippen LogP contribution in [0.4, 0.5) is 4.39 Å². The highest BCUT2D eigenvalue weighted by Crippen LogP contribution is 2.43. The van der Waals surface area contributed by atoms with Crippen LogP contribution < -0.4 is 4.74 Å². The summed E-state index contributed by atoms with van der Waals surface area (Å²) in [6.07, 6.45) is 3.50. The summed E-state index contributed by atoms with van der Waals surface area (Å²) < 4.78 is 18.6. The van der Waals surface area contributed by atoms with Crippen LogP contribution in [0.25, 0.3) is 0 Å². The molecule has 1 aromatic carbocycles. The topological polar surface area (TPSA) is 66.8 Å². The maximum Gasteiger partial charge on any atom is 0.314 e. The summed E-state index contributed by atoms with van der Waals surface area (Å²) in [5.41, 5.74) is -0.779. The zero-order valence-corrected chi connectivity index (χ0v) is 10.8. The maximum atomic E-state index is 13.8. The fraction of sp³-hybridized carbons (Fsp3) is 0.500. The number of carboxylic acids is 1. The molecule has 2 N–H and O–H groups in total. The Bertz CT molecular complexity index is 469. The molecule has 1 saturated carbocycles. The van der Waals surface area contributed by atoms with Crippen molar-refractivity contribution in [1.29, 1.82) is 0 Å². The molecular formula is C14H17FO4. The highest BCUT2D eigenvalue weighted by atomic mass is 19.1. The second-order valence-corrected chi connectivity index (χ2v) is 4.96. The number of phenols is 1. The number of carboxylic acid groups (broad SMARTS) is 1. The van der Waals surface area contributed by atoms with E-state index in [0.29, 0.717) is 18.4 Å². The van der Waals surface area contributed by atoms with Gasteiger partial charge in [0.15, 0.2) is 17.3 Å². The Morgan fingerprint density at radius 1 is 1.32 bits per heavy atom. The van der Waals surface area contributed by atoms with Gasteiger partial charge in [0.2, 0.25) is 0 Å². The molecule has 2 rings (SSSR count). The van der Waals surface area contributed by atoms with Crippen molar-refractivity contribution in [3.8, 4) is 11.5 Å². The zero-order valence-electron chi connectivity index (χ0n) is 10.8. The molecule has 19 heavy (non-hydrogen) atoms. The van der Waals surface area contributed by atoms with Gasteiger partial charge in [-0.25, -0.2) is 4.39 Å². The lowest BCUT2D eigenvalue weighted by Gasteiger charge is -2.33. The van der Waals surface area contributed by atoms with Gasteiger partial charge in [-0.2, -0.15) is 0 Å². The average molecular weight is 268 g/mol. The first-order valence-electron chi connectivity index (χ1n) is 6.31. The second kappa shape index (κ2) is 5.07. The monoisotopic (exact) mass is 268 g/mol. The molecule has 1 aliphatic rings. The molecule has 0 bridgehead atoms. The molecule has 0 atom stereocenters. The average Bonchev–Trinajstić information content (AvgIpc) is 2.39. The van der Waals surface area contributed by atoms with Crippen molar-refractivity contribution in [2.24, 2.45) is 0 Å². The van der Waals surface area contributed by atoms with E-state index in [1.165, 1.54) is 13.2 Å². The number of hydrogen-bond donors (Lipinski definition) is 2. The SMILES string of the molecule is COc1c(O)cc(C2(C(=O)O)CCCCC2)cc1F. The van der Waals surface area contributed by atoms with Crippen LogP contribution in [-0.4, -0.2) is 23.3 Å². The van der Waals surface area contributed by atoms with Crippen molar-refractivity contribution < 1.29 is 24.1 Å². The highest BCUT2D eigenvalue weighted by molar-refractivity contribution is 5.82. The van der Waals surface area contributed by atoms with Crippen LogP contribution >= 0.6 is 0 Å². The minimum Gasteiger partial charge on any atom is -0.504 e. The summed E-state index contributed by atoms with van der Waals surface area (Å²) in [6, 6.07) is 2.47. The number of carbonyl (C=O) groups is 1. The number of methoxy groups -OCH3 is 1. The van der Waals surface area contributed by atoms with Crippen LogP contribution in [0, 0.1) is 5.82 Å². The van der Waals surface area contributed by atoms with Crippen molar-refractivity contribution in [3.05, 3.63) is 23.5 Å². The van der Waals surface area contributed by atoms with E-state index < -0.39 is 17.2 Å². The lowest BCUT2D eigenvalue weighted by Crippen LogP contribution is -2.37. The molecular weight excluding hydrogens is 251 g/mol. The van der Waals surface area contributed by atoms with E-state index in [9.17, 15) is 19.4 Å². The summed E-state index contributed by atoms with van der Waals surface area (Å²) in [5, 5.41) is 19.3. The van der Waals surface area contributed by atoms with Gasteiger partial charge in [0.1, 0.15) is 0 Å². The molecule has 0 heterocycles. The first-order chi connectivity index (χ1) is 9.01. The van der Waals surface area contributed by atoms with Gasteiger partial charge in [0.05, 0.1) is 12.5 Å². The lowest BCUT2D eigenvalue weighted by molar-refractivity contribution is -0.145. The first-order valence-corrected chi connectivity index (χ1v) is 6.31. The molecule has 104 valence electrons. The van der Waals surface area contributed by atoms with Gasteiger partial charge >= 0.3 is 5.97 Å². The third-order valence-electron chi connectivity index (χ3n) is 3.90. The predicted octanol–water partition coefficient (Wildman–Crippen LogP) is 2.83. The predicted molar refractivity (Wildman–Crippen MR) is 67.0 cm³/mol. The molecule has 0 radical (unpaired) electrons. The summed E-state index contributed by atoms with van der Waals surface area (Å²) in [4.78, 5) is 11.6. The van der Waals surface area contributed by atoms with Crippen molar-refractivity contribution in [2.75, 3.05) is 7.11 Å². The first kappa shape index (κ1) is 13.6. The van der Waals surface area contributed by atoms with E-state index in [4.69, 9.17) is 4.74 Å². The van der Waals surface area contributed by atoms with E-state index in [1.54, 1.807) is 0 Å². The molecule has 0 saturated heterocycles. The van der Waals surface area contributed by atoms with Crippen LogP contribution in [-0.2, 0) is 10.2 Å². The Labute approximate surface area is 110 Å². The number of benzene rings is 1. The Morgan fingerprint density at radius 2 is 1.95 bits per heavy atom. The van der Waals surface area contributed by atoms with Gasteiger partial charge in [-0.1, -0.05) is 19.3 Å². The van der Waals surface area contributed by atoms with Crippen LogP contribution in [0.2, 0.25) is 0 Å². The Kier molecular flexibility index (Phi) is 3.64.